The predicted molar refractivity (Wildman–Crippen MR) is 120 cm³/mol. The van der Waals surface area contributed by atoms with Crippen molar-refractivity contribution in [2.24, 2.45) is 0 Å². The zero-order chi connectivity index (χ0) is 22.1. The number of anilines is 1. The van der Waals surface area contributed by atoms with Crippen molar-refractivity contribution in [1.82, 2.24) is 10.2 Å². The molecule has 0 atom stereocenters. The first-order chi connectivity index (χ1) is 14.8. The van der Waals surface area contributed by atoms with Gasteiger partial charge in [-0.2, -0.15) is 0 Å². The number of rotatable bonds is 6. The quantitative estimate of drug-likeness (QED) is 0.555. The van der Waals surface area contributed by atoms with Gasteiger partial charge in [-0.3, -0.25) is 19.8 Å². The first-order valence-corrected chi connectivity index (χ1v) is 11.6. The molecule has 8 heteroatoms. The van der Waals surface area contributed by atoms with Crippen molar-refractivity contribution < 1.29 is 13.2 Å². The third-order valence-corrected chi connectivity index (χ3v) is 5.76. The molecule has 7 nitrogen and oxygen atoms in total. The van der Waals surface area contributed by atoms with E-state index in [1.165, 1.54) is 4.90 Å². The van der Waals surface area contributed by atoms with Crippen LogP contribution in [0, 0.1) is 5.41 Å². The van der Waals surface area contributed by atoms with E-state index >= 15 is 0 Å². The number of carbonyl (C=O) groups is 1. The Kier molecular flexibility index (Phi) is 5.24. The summed E-state index contributed by atoms with van der Waals surface area (Å²) in [5.41, 5.74) is 1.54. The van der Waals surface area contributed by atoms with Crippen LogP contribution in [0.5, 0.6) is 0 Å². The lowest BCUT2D eigenvalue weighted by Crippen LogP contribution is -2.45. The van der Waals surface area contributed by atoms with Crippen LogP contribution < -0.4 is 10.0 Å². The highest BCUT2D eigenvalue weighted by Gasteiger charge is 2.52. The fourth-order valence-corrected chi connectivity index (χ4v) is 4.33. The van der Waals surface area contributed by atoms with Crippen LogP contribution in [0.25, 0.3) is 0 Å². The number of sulfonamides is 1. The molecule has 0 bridgehead atoms. The number of nitrogens with one attached hydrogen (secondary N) is 3. The Bertz CT molecular complexity index is 1170. The SMILES string of the molecule is CS(=O)(=O)Nc1ccc(CN2C(=N)NC(c3ccccc3)(c3ccccc3)C2=O)cc1. The van der Waals surface area contributed by atoms with Crippen molar-refractivity contribution >= 4 is 27.6 Å². The van der Waals surface area contributed by atoms with Gasteiger partial charge in [-0.15, -0.1) is 0 Å². The number of hydrogen-bond donors (Lipinski definition) is 3. The van der Waals surface area contributed by atoms with E-state index in [1.807, 2.05) is 60.7 Å². The average molecular weight is 435 g/mol. The van der Waals surface area contributed by atoms with Crippen LogP contribution in [0.2, 0.25) is 0 Å². The molecule has 0 aliphatic carbocycles. The maximum absolute atomic E-state index is 13.7. The number of carbonyl (C=O) groups excluding carboxylic acids is 1. The summed E-state index contributed by atoms with van der Waals surface area (Å²) in [4.78, 5) is 15.1. The van der Waals surface area contributed by atoms with Crippen LogP contribution in [-0.4, -0.2) is 31.4 Å². The summed E-state index contributed by atoms with van der Waals surface area (Å²) in [6, 6.07) is 25.5. The number of amides is 1. The predicted octanol–water partition coefficient (Wildman–Crippen LogP) is 2.87. The maximum Gasteiger partial charge on any atom is 0.264 e. The Hall–Kier alpha value is -3.65. The van der Waals surface area contributed by atoms with Crippen LogP contribution in [0.15, 0.2) is 84.9 Å². The molecule has 3 aromatic rings. The number of benzene rings is 3. The second-order valence-electron chi connectivity index (χ2n) is 7.42. The summed E-state index contributed by atoms with van der Waals surface area (Å²) in [5.74, 6) is -0.232. The zero-order valence-corrected chi connectivity index (χ0v) is 17.7. The Labute approximate surface area is 181 Å². The molecule has 3 N–H and O–H groups in total. The molecule has 1 fully saturated rings. The van der Waals surface area contributed by atoms with Crippen molar-refractivity contribution in [3.63, 3.8) is 0 Å². The number of hydrogen-bond acceptors (Lipinski definition) is 4. The van der Waals surface area contributed by atoms with Crippen molar-refractivity contribution in [3.05, 3.63) is 102 Å². The molecule has 1 aliphatic rings. The summed E-state index contributed by atoms with van der Waals surface area (Å²) < 4.78 is 25.2. The van der Waals surface area contributed by atoms with Gasteiger partial charge in [0.05, 0.1) is 12.8 Å². The molecular weight excluding hydrogens is 412 g/mol. The van der Waals surface area contributed by atoms with Crippen molar-refractivity contribution in [3.8, 4) is 0 Å². The van der Waals surface area contributed by atoms with Gasteiger partial charge in [-0.25, -0.2) is 8.42 Å². The molecule has 0 unspecified atom stereocenters. The highest BCUT2D eigenvalue weighted by Crippen LogP contribution is 2.36. The summed E-state index contributed by atoms with van der Waals surface area (Å²) in [7, 11) is -3.37. The van der Waals surface area contributed by atoms with Crippen LogP contribution >= 0.6 is 0 Å². The van der Waals surface area contributed by atoms with Gasteiger partial charge in [-0.1, -0.05) is 72.8 Å². The first kappa shape index (κ1) is 20.6. The largest absolute Gasteiger partial charge is 0.334 e. The molecule has 158 valence electrons. The molecule has 0 saturated carbocycles. The van der Waals surface area contributed by atoms with Gasteiger partial charge in [0.1, 0.15) is 0 Å². The average Bonchev–Trinajstić information content (AvgIpc) is 3.01. The highest BCUT2D eigenvalue weighted by molar-refractivity contribution is 7.92. The number of guanidine groups is 1. The molecule has 1 saturated heterocycles. The minimum atomic E-state index is -3.37. The Balaban J connectivity index is 1.67. The lowest BCUT2D eigenvalue weighted by molar-refractivity contribution is -0.130. The Morgan fingerprint density at radius 3 is 1.90 bits per heavy atom. The maximum atomic E-state index is 13.7. The molecule has 0 aromatic heterocycles. The molecule has 31 heavy (non-hydrogen) atoms. The highest BCUT2D eigenvalue weighted by atomic mass is 32.2. The van der Waals surface area contributed by atoms with Crippen LogP contribution in [0.3, 0.4) is 0 Å². The molecule has 1 amide bonds. The van der Waals surface area contributed by atoms with Gasteiger partial charge in [0.25, 0.3) is 5.91 Å². The molecule has 1 heterocycles. The van der Waals surface area contributed by atoms with Crippen LogP contribution in [0.1, 0.15) is 16.7 Å². The van der Waals surface area contributed by atoms with Gasteiger partial charge in [-0.05, 0) is 28.8 Å². The standard InChI is InChI=1S/C23H22N4O3S/c1-31(29,30)26-20-14-12-17(13-15-20)16-27-21(28)23(25-22(27)24,18-8-4-2-5-9-18)19-10-6-3-7-11-19/h2-15,26H,16H2,1H3,(H2,24,25). The minimum Gasteiger partial charge on any atom is -0.334 e. The minimum absolute atomic E-state index is 0.0102. The molecular formula is C23H22N4O3S. The van der Waals surface area contributed by atoms with E-state index in [9.17, 15) is 13.2 Å². The topological polar surface area (TPSA) is 102 Å². The summed E-state index contributed by atoms with van der Waals surface area (Å²) in [6.45, 7) is 0.186. The fourth-order valence-electron chi connectivity index (χ4n) is 3.76. The lowest BCUT2D eigenvalue weighted by atomic mass is 9.82. The van der Waals surface area contributed by atoms with E-state index in [0.29, 0.717) is 5.69 Å². The van der Waals surface area contributed by atoms with Gasteiger partial charge < -0.3 is 5.32 Å². The summed E-state index contributed by atoms with van der Waals surface area (Å²) in [5, 5.41) is 11.6. The molecule has 0 spiro atoms. The monoisotopic (exact) mass is 434 g/mol. The Morgan fingerprint density at radius 1 is 0.903 bits per heavy atom. The molecule has 1 aliphatic heterocycles. The van der Waals surface area contributed by atoms with Gasteiger partial charge >= 0.3 is 0 Å². The lowest BCUT2D eigenvalue weighted by Gasteiger charge is -2.28. The van der Waals surface area contributed by atoms with Crippen molar-refractivity contribution in [2.75, 3.05) is 11.0 Å². The third kappa shape index (κ3) is 4.02. The number of nitrogens with zero attached hydrogens (tertiary/aromatic N) is 1. The van der Waals surface area contributed by atoms with Gasteiger partial charge in [0, 0.05) is 5.69 Å². The Morgan fingerprint density at radius 2 is 1.42 bits per heavy atom. The normalized spacial score (nSPS) is 15.6. The van der Waals surface area contributed by atoms with Crippen LogP contribution in [-0.2, 0) is 26.9 Å². The molecule has 4 rings (SSSR count). The fraction of sp³-hybridized carbons (Fsp3) is 0.130. The second-order valence-corrected chi connectivity index (χ2v) is 9.17. The second kappa shape index (κ2) is 7.88. The van der Waals surface area contributed by atoms with Gasteiger partial charge in [0.15, 0.2) is 11.5 Å². The molecule has 3 aromatic carbocycles. The third-order valence-electron chi connectivity index (χ3n) is 5.15. The molecule has 0 radical (unpaired) electrons. The van der Waals surface area contributed by atoms with Crippen molar-refractivity contribution in [1.29, 1.82) is 5.41 Å². The van der Waals surface area contributed by atoms with E-state index in [-0.39, 0.29) is 18.4 Å². The van der Waals surface area contributed by atoms with E-state index < -0.39 is 15.6 Å². The van der Waals surface area contributed by atoms with E-state index in [0.717, 1.165) is 22.9 Å². The summed E-state index contributed by atoms with van der Waals surface area (Å²) >= 11 is 0. The van der Waals surface area contributed by atoms with Crippen LogP contribution in [0.4, 0.5) is 5.69 Å². The zero-order valence-electron chi connectivity index (χ0n) is 16.9. The van der Waals surface area contributed by atoms with E-state index in [2.05, 4.69) is 10.0 Å². The summed E-state index contributed by atoms with van der Waals surface area (Å²) in [6.07, 6.45) is 1.09. The first-order valence-electron chi connectivity index (χ1n) is 9.66. The van der Waals surface area contributed by atoms with E-state index in [4.69, 9.17) is 5.41 Å². The van der Waals surface area contributed by atoms with Gasteiger partial charge in [0.2, 0.25) is 10.0 Å². The smallest absolute Gasteiger partial charge is 0.264 e. The van der Waals surface area contributed by atoms with Crippen molar-refractivity contribution in [2.45, 2.75) is 12.1 Å². The van der Waals surface area contributed by atoms with E-state index in [1.54, 1.807) is 24.3 Å².